The van der Waals surface area contributed by atoms with Crippen LogP contribution in [0.2, 0.25) is 0 Å². The van der Waals surface area contributed by atoms with E-state index in [1.165, 1.54) is 0 Å². The van der Waals surface area contributed by atoms with Crippen LogP contribution in [0.3, 0.4) is 0 Å². The molecule has 0 spiro atoms. The second-order valence-corrected chi connectivity index (χ2v) is 4.49. The summed E-state index contributed by atoms with van der Waals surface area (Å²) in [6.45, 7) is 3.41. The quantitative estimate of drug-likeness (QED) is 0.779. The first kappa shape index (κ1) is 11.7. The zero-order chi connectivity index (χ0) is 13.2. The van der Waals surface area contributed by atoms with Gasteiger partial charge >= 0.3 is 0 Å². The van der Waals surface area contributed by atoms with Crippen LogP contribution in [0.15, 0.2) is 18.3 Å². The second-order valence-electron chi connectivity index (χ2n) is 4.49. The lowest BCUT2D eigenvalue weighted by molar-refractivity contribution is 0.614. The van der Waals surface area contributed by atoms with Crippen LogP contribution < -0.4 is 15.5 Å². The minimum Gasteiger partial charge on any atom is -0.396 e. The molecule has 0 aliphatic carbocycles. The molecule has 0 radical (unpaired) electrons. The number of tetrazole rings is 1. The van der Waals surface area contributed by atoms with E-state index in [0.717, 1.165) is 43.6 Å². The molecule has 2 N–H and O–H groups in total. The summed E-state index contributed by atoms with van der Waals surface area (Å²) in [6.07, 6.45) is 1.77. The molecule has 8 heteroatoms. The summed E-state index contributed by atoms with van der Waals surface area (Å²) in [4.78, 5) is 8.70. The maximum atomic E-state index is 5.95. The molecule has 3 rings (SSSR count). The number of nitrogen functional groups attached to an aromatic ring is 1. The average molecular weight is 260 g/mol. The van der Waals surface area contributed by atoms with Gasteiger partial charge in [0, 0.05) is 39.4 Å². The van der Waals surface area contributed by atoms with Crippen molar-refractivity contribution >= 4 is 17.5 Å². The number of aromatic nitrogens is 5. The number of rotatable bonds is 2. The van der Waals surface area contributed by atoms with Crippen LogP contribution >= 0.6 is 0 Å². The summed E-state index contributed by atoms with van der Waals surface area (Å²) in [5.41, 5.74) is 6.67. The van der Waals surface area contributed by atoms with Gasteiger partial charge in [0.1, 0.15) is 0 Å². The highest BCUT2D eigenvalue weighted by atomic mass is 15.6. The molecule has 1 saturated heterocycles. The first-order valence-corrected chi connectivity index (χ1v) is 6.18. The number of anilines is 3. The van der Waals surface area contributed by atoms with Crippen LogP contribution in [0.4, 0.5) is 17.5 Å². The van der Waals surface area contributed by atoms with Crippen molar-refractivity contribution in [3.8, 4) is 0 Å². The highest BCUT2D eigenvalue weighted by Gasteiger charge is 2.22. The van der Waals surface area contributed by atoms with E-state index in [2.05, 4.69) is 30.3 Å². The lowest BCUT2D eigenvalue weighted by Gasteiger charge is -2.35. The zero-order valence-electron chi connectivity index (χ0n) is 10.8. The van der Waals surface area contributed by atoms with E-state index >= 15 is 0 Å². The number of aryl methyl sites for hydroxylation is 1. The van der Waals surface area contributed by atoms with Gasteiger partial charge in [0.2, 0.25) is 5.95 Å². The number of hydrogen-bond donors (Lipinski definition) is 1. The van der Waals surface area contributed by atoms with Gasteiger partial charge < -0.3 is 15.5 Å². The molecule has 0 atom stereocenters. The summed E-state index contributed by atoms with van der Waals surface area (Å²) in [5, 5.41) is 11.5. The molecule has 8 nitrogen and oxygen atoms in total. The Kier molecular flexibility index (Phi) is 2.90. The third-order valence-electron chi connectivity index (χ3n) is 3.28. The van der Waals surface area contributed by atoms with Crippen molar-refractivity contribution in [1.82, 2.24) is 25.2 Å². The van der Waals surface area contributed by atoms with Crippen LogP contribution in [0.5, 0.6) is 0 Å². The van der Waals surface area contributed by atoms with Crippen molar-refractivity contribution in [2.75, 3.05) is 41.7 Å². The maximum Gasteiger partial charge on any atom is 0.245 e. The Labute approximate surface area is 110 Å². The average Bonchev–Trinajstić information content (AvgIpc) is 2.86. The summed E-state index contributed by atoms with van der Waals surface area (Å²) in [6, 6.07) is 3.72. The molecule has 19 heavy (non-hydrogen) atoms. The van der Waals surface area contributed by atoms with E-state index in [9.17, 15) is 0 Å². The van der Waals surface area contributed by atoms with Gasteiger partial charge in [-0.2, -0.15) is 0 Å². The Bertz CT molecular complexity index is 557. The molecule has 0 saturated carbocycles. The molecular formula is C11H16N8. The maximum absolute atomic E-state index is 5.95. The van der Waals surface area contributed by atoms with Gasteiger partial charge in [-0.3, -0.25) is 0 Å². The highest BCUT2D eigenvalue weighted by Crippen LogP contribution is 2.21. The number of nitrogens with two attached hydrogens (primary N) is 1. The van der Waals surface area contributed by atoms with E-state index in [0.29, 0.717) is 0 Å². The first-order valence-electron chi connectivity index (χ1n) is 6.18. The van der Waals surface area contributed by atoms with Crippen molar-refractivity contribution in [2.45, 2.75) is 0 Å². The summed E-state index contributed by atoms with van der Waals surface area (Å²) in [5.74, 6) is 1.66. The Balaban J connectivity index is 1.70. The Hall–Kier alpha value is -2.38. The van der Waals surface area contributed by atoms with E-state index in [-0.39, 0.29) is 0 Å². The first-order chi connectivity index (χ1) is 9.25. The second kappa shape index (κ2) is 4.71. The van der Waals surface area contributed by atoms with Crippen LogP contribution in [-0.4, -0.2) is 51.4 Å². The smallest absolute Gasteiger partial charge is 0.245 e. The van der Waals surface area contributed by atoms with E-state index in [1.54, 1.807) is 10.9 Å². The topological polar surface area (TPSA) is 89.0 Å². The molecule has 0 aromatic carbocycles. The van der Waals surface area contributed by atoms with E-state index in [4.69, 9.17) is 5.73 Å². The molecule has 1 aliphatic rings. The monoisotopic (exact) mass is 260 g/mol. The number of nitrogens with zero attached hydrogens (tertiary/aromatic N) is 7. The largest absolute Gasteiger partial charge is 0.396 e. The molecule has 0 bridgehead atoms. The van der Waals surface area contributed by atoms with Crippen LogP contribution in [-0.2, 0) is 7.05 Å². The Morgan fingerprint density at radius 2 is 1.89 bits per heavy atom. The number of hydrogen-bond acceptors (Lipinski definition) is 7. The minimum absolute atomic E-state index is 0.719. The zero-order valence-corrected chi connectivity index (χ0v) is 10.8. The third-order valence-corrected chi connectivity index (χ3v) is 3.28. The standard InChI is InChI=1S/C11H16N8/c1-17-11(14-15-16-17)19-7-5-18(6-8-19)10-9(12)3-2-4-13-10/h2-4H,5-8,12H2,1H3. The lowest BCUT2D eigenvalue weighted by atomic mass is 10.3. The molecule has 2 aromatic heterocycles. The predicted octanol–water partition coefficient (Wildman–Crippen LogP) is -0.486. The van der Waals surface area contributed by atoms with E-state index < -0.39 is 0 Å². The third kappa shape index (κ3) is 2.16. The predicted molar refractivity (Wildman–Crippen MR) is 71.9 cm³/mol. The molecule has 100 valence electrons. The Morgan fingerprint density at radius 3 is 2.53 bits per heavy atom. The highest BCUT2D eigenvalue weighted by molar-refractivity contribution is 5.62. The van der Waals surface area contributed by atoms with Gasteiger partial charge in [0.05, 0.1) is 5.69 Å². The van der Waals surface area contributed by atoms with Gasteiger partial charge in [0.25, 0.3) is 0 Å². The summed E-state index contributed by atoms with van der Waals surface area (Å²) in [7, 11) is 1.85. The molecule has 3 heterocycles. The fourth-order valence-electron chi connectivity index (χ4n) is 2.28. The summed E-state index contributed by atoms with van der Waals surface area (Å²) < 4.78 is 1.69. The van der Waals surface area contributed by atoms with Gasteiger partial charge in [-0.05, 0) is 22.6 Å². The van der Waals surface area contributed by atoms with Crippen molar-refractivity contribution in [3.05, 3.63) is 18.3 Å². The normalized spacial score (nSPS) is 15.8. The molecule has 0 unspecified atom stereocenters. The number of piperazine rings is 1. The van der Waals surface area contributed by atoms with Crippen molar-refractivity contribution < 1.29 is 0 Å². The number of pyridine rings is 1. The Morgan fingerprint density at radius 1 is 1.16 bits per heavy atom. The minimum atomic E-state index is 0.719. The SMILES string of the molecule is Cn1nnnc1N1CCN(c2ncccc2N)CC1. The molecule has 2 aromatic rings. The molecule has 1 aliphatic heterocycles. The van der Waals surface area contributed by atoms with E-state index in [1.807, 2.05) is 19.2 Å². The fraction of sp³-hybridized carbons (Fsp3) is 0.455. The molecule has 1 fully saturated rings. The fourth-order valence-corrected chi connectivity index (χ4v) is 2.28. The van der Waals surface area contributed by atoms with Crippen LogP contribution in [0.1, 0.15) is 0 Å². The van der Waals surface area contributed by atoms with Crippen molar-refractivity contribution in [1.29, 1.82) is 0 Å². The molecule has 0 amide bonds. The van der Waals surface area contributed by atoms with Gasteiger partial charge in [0.15, 0.2) is 5.82 Å². The molecular weight excluding hydrogens is 244 g/mol. The van der Waals surface area contributed by atoms with Gasteiger partial charge in [-0.1, -0.05) is 5.10 Å². The van der Waals surface area contributed by atoms with Crippen LogP contribution in [0.25, 0.3) is 0 Å². The summed E-state index contributed by atoms with van der Waals surface area (Å²) >= 11 is 0. The van der Waals surface area contributed by atoms with Crippen LogP contribution in [0, 0.1) is 0 Å². The van der Waals surface area contributed by atoms with Crippen molar-refractivity contribution in [3.63, 3.8) is 0 Å². The van der Waals surface area contributed by atoms with Gasteiger partial charge in [-0.15, -0.1) is 0 Å². The lowest BCUT2D eigenvalue weighted by Crippen LogP contribution is -2.47. The van der Waals surface area contributed by atoms with Crippen molar-refractivity contribution in [2.24, 2.45) is 7.05 Å². The van der Waals surface area contributed by atoms with Gasteiger partial charge in [-0.25, -0.2) is 9.67 Å².